The third-order valence-corrected chi connectivity index (χ3v) is 3.02. The van der Waals surface area contributed by atoms with Gasteiger partial charge in [0, 0.05) is 13.1 Å². The maximum Gasteiger partial charge on any atom is 0.0757 e. The molecule has 1 atom stereocenters. The molecule has 0 radical (unpaired) electrons. The number of hydrogen-bond acceptors (Lipinski definition) is 3. The highest BCUT2D eigenvalue weighted by atomic mass is 16.5. The summed E-state index contributed by atoms with van der Waals surface area (Å²) < 4.78 is 5.91. The third kappa shape index (κ3) is 6.39. The number of rotatable bonds is 6. The van der Waals surface area contributed by atoms with Gasteiger partial charge in [-0.2, -0.15) is 0 Å². The van der Waals surface area contributed by atoms with Gasteiger partial charge in [0.1, 0.15) is 0 Å². The van der Waals surface area contributed by atoms with E-state index in [9.17, 15) is 0 Å². The van der Waals surface area contributed by atoms with Crippen molar-refractivity contribution in [3.05, 3.63) is 0 Å². The van der Waals surface area contributed by atoms with E-state index in [1.807, 2.05) is 0 Å². The second-order valence-corrected chi connectivity index (χ2v) is 6.37. The Labute approximate surface area is 107 Å². The van der Waals surface area contributed by atoms with Crippen molar-refractivity contribution in [2.75, 3.05) is 32.7 Å². The van der Waals surface area contributed by atoms with E-state index in [0.29, 0.717) is 6.10 Å². The van der Waals surface area contributed by atoms with Crippen LogP contribution in [0.1, 0.15) is 41.0 Å². The molecule has 0 bridgehead atoms. The molecule has 17 heavy (non-hydrogen) atoms. The highest BCUT2D eigenvalue weighted by Crippen LogP contribution is 2.20. The average Bonchev–Trinajstić information content (AvgIpc) is 2.13. The maximum atomic E-state index is 5.91. The van der Waals surface area contributed by atoms with Gasteiger partial charge >= 0.3 is 0 Å². The largest absolute Gasteiger partial charge is 0.370 e. The van der Waals surface area contributed by atoms with Crippen molar-refractivity contribution in [1.29, 1.82) is 0 Å². The summed E-state index contributed by atoms with van der Waals surface area (Å²) in [6, 6.07) is 0. The molecule has 102 valence electrons. The van der Waals surface area contributed by atoms with E-state index in [1.165, 1.54) is 13.0 Å². The first kappa shape index (κ1) is 14.9. The number of hydrogen-bond donors (Lipinski definition) is 1. The fraction of sp³-hybridized carbons (Fsp3) is 1.00. The molecule has 0 aromatic carbocycles. The van der Waals surface area contributed by atoms with Gasteiger partial charge in [0.25, 0.3) is 0 Å². The lowest BCUT2D eigenvalue weighted by molar-refractivity contribution is -0.128. The fourth-order valence-corrected chi connectivity index (χ4v) is 2.57. The Balaban J connectivity index is 2.14. The summed E-state index contributed by atoms with van der Waals surface area (Å²) in [5.41, 5.74) is 0.0169. The minimum Gasteiger partial charge on any atom is -0.370 e. The first-order valence-electron chi connectivity index (χ1n) is 7.00. The van der Waals surface area contributed by atoms with E-state index < -0.39 is 0 Å². The molecule has 1 fully saturated rings. The zero-order valence-corrected chi connectivity index (χ0v) is 12.3. The van der Waals surface area contributed by atoms with Gasteiger partial charge < -0.3 is 10.1 Å². The lowest BCUT2D eigenvalue weighted by atomic mass is 10.1. The molecule has 3 nitrogen and oxygen atoms in total. The maximum absolute atomic E-state index is 5.91. The number of morpholine rings is 1. The van der Waals surface area contributed by atoms with Crippen molar-refractivity contribution in [2.24, 2.45) is 5.92 Å². The summed E-state index contributed by atoms with van der Waals surface area (Å²) in [4.78, 5) is 2.53. The van der Waals surface area contributed by atoms with E-state index in [-0.39, 0.29) is 5.60 Å². The number of ether oxygens (including phenoxy) is 1. The van der Waals surface area contributed by atoms with Crippen molar-refractivity contribution < 1.29 is 4.74 Å². The van der Waals surface area contributed by atoms with Gasteiger partial charge in [-0.25, -0.2) is 0 Å². The van der Waals surface area contributed by atoms with Crippen LogP contribution < -0.4 is 5.32 Å². The molecule has 0 amide bonds. The first-order chi connectivity index (χ1) is 7.89. The summed E-state index contributed by atoms with van der Waals surface area (Å²) >= 11 is 0. The summed E-state index contributed by atoms with van der Waals surface area (Å²) in [6.07, 6.45) is 1.59. The average molecular weight is 242 g/mol. The Morgan fingerprint density at radius 1 is 1.41 bits per heavy atom. The van der Waals surface area contributed by atoms with Crippen LogP contribution in [-0.4, -0.2) is 49.3 Å². The topological polar surface area (TPSA) is 24.5 Å². The van der Waals surface area contributed by atoms with Crippen LogP contribution in [0, 0.1) is 5.92 Å². The van der Waals surface area contributed by atoms with Gasteiger partial charge in [0.15, 0.2) is 0 Å². The Hall–Kier alpha value is -0.120. The standard InChI is InChI=1S/C14H30N2O/c1-12(2)9-15-7-6-8-16-10-13(3)17-14(4,5)11-16/h12-13,15H,6-11H2,1-5H3. The molecule has 1 unspecified atom stereocenters. The van der Waals surface area contributed by atoms with Crippen LogP contribution in [-0.2, 0) is 4.74 Å². The van der Waals surface area contributed by atoms with Gasteiger partial charge in [-0.05, 0) is 52.7 Å². The molecule has 0 spiro atoms. The van der Waals surface area contributed by atoms with Gasteiger partial charge in [-0.1, -0.05) is 13.8 Å². The molecule has 1 N–H and O–H groups in total. The minimum atomic E-state index is 0.0169. The van der Waals surface area contributed by atoms with Gasteiger partial charge in [0.05, 0.1) is 11.7 Å². The Morgan fingerprint density at radius 3 is 2.71 bits per heavy atom. The molecule has 1 aliphatic heterocycles. The predicted molar refractivity (Wildman–Crippen MR) is 73.4 cm³/mol. The zero-order chi connectivity index (χ0) is 12.9. The van der Waals surface area contributed by atoms with Crippen LogP contribution in [0.15, 0.2) is 0 Å². The van der Waals surface area contributed by atoms with Crippen molar-refractivity contribution in [2.45, 2.75) is 52.7 Å². The monoisotopic (exact) mass is 242 g/mol. The lowest BCUT2D eigenvalue weighted by Crippen LogP contribution is -2.52. The van der Waals surface area contributed by atoms with Crippen LogP contribution >= 0.6 is 0 Å². The summed E-state index contributed by atoms with van der Waals surface area (Å²) in [7, 11) is 0. The van der Waals surface area contributed by atoms with E-state index in [1.54, 1.807) is 0 Å². The molecule has 1 saturated heterocycles. The summed E-state index contributed by atoms with van der Waals surface area (Å²) in [5.74, 6) is 0.748. The SMILES string of the molecule is CC(C)CNCCCN1CC(C)OC(C)(C)C1. The molecule has 0 saturated carbocycles. The fourth-order valence-electron chi connectivity index (χ4n) is 2.57. The van der Waals surface area contributed by atoms with Crippen molar-refractivity contribution in [3.63, 3.8) is 0 Å². The second-order valence-electron chi connectivity index (χ2n) is 6.37. The quantitative estimate of drug-likeness (QED) is 0.722. The van der Waals surface area contributed by atoms with Gasteiger partial charge in [-0.15, -0.1) is 0 Å². The molecular weight excluding hydrogens is 212 g/mol. The van der Waals surface area contributed by atoms with Crippen LogP contribution in [0.4, 0.5) is 0 Å². The molecule has 1 rings (SSSR count). The number of nitrogens with zero attached hydrogens (tertiary/aromatic N) is 1. The van der Waals surface area contributed by atoms with Crippen LogP contribution in [0.5, 0.6) is 0 Å². The molecule has 1 aliphatic rings. The van der Waals surface area contributed by atoms with E-state index in [2.05, 4.69) is 44.8 Å². The van der Waals surface area contributed by atoms with E-state index in [4.69, 9.17) is 4.74 Å². The summed E-state index contributed by atoms with van der Waals surface area (Å²) in [6.45, 7) is 16.6. The van der Waals surface area contributed by atoms with Crippen LogP contribution in [0.2, 0.25) is 0 Å². The highest BCUT2D eigenvalue weighted by molar-refractivity contribution is 4.82. The van der Waals surface area contributed by atoms with E-state index >= 15 is 0 Å². The third-order valence-electron chi connectivity index (χ3n) is 3.02. The molecular formula is C14H30N2O. The Kier molecular flexibility index (Phi) is 5.90. The Morgan fingerprint density at radius 2 is 2.12 bits per heavy atom. The minimum absolute atomic E-state index is 0.0169. The first-order valence-corrected chi connectivity index (χ1v) is 7.00. The molecule has 3 heteroatoms. The molecule has 0 aromatic rings. The highest BCUT2D eigenvalue weighted by Gasteiger charge is 2.30. The normalized spacial score (nSPS) is 25.4. The molecule has 0 aliphatic carbocycles. The Bertz CT molecular complexity index is 216. The van der Waals surface area contributed by atoms with Crippen molar-refractivity contribution in [3.8, 4) is 0 Å². The zero-order valence-electron chi connectivity index (χ0n) is 12.3. The number of nitrogens with one attached hydrogen (secondary N) is 1. The van der Waals surface area contributed by atoms with Crippen LogP contribution in [0.3, 0.4) is 0 Å². The van der Waals surface area contributed by atoms with Crippen molar-refractivity contribution in [1.82, 2.24) is 10.2 Å². The molecule has 0 aromatic heterocycles. The van der Waals surface area contributed by atoms with Crippen molar-refractivity contribution >= 4 is 0 Å². The summed E-state index contributed by atoms with van der Waals surface area (Å²) in [5, 5.41) is 3.50. The van der Waals surface area contributed by atoms with Crippen LogP contribution in [0.25, 0.3) is 0 Å². The predicted octanol–water partition coefficient (Wildman–Crippen LogP) is 2.12. The smallest absolute Gasteiger partial charge is 0.0757 e. The van der Waals surface area contributed by atoms with Gasteiger partial charge in [0.2, 0.25) is 0 Å². The lowest BCUT2D eigenvalue weighted by Gasteiger charge is -2.41. The second kappa shape index (κ2) is 6.72. The van der Waals surface area contributed by atoms with E-state index in [0.717, 1.165) is 32.1 Å². The molecule has 1 heterocycles. The van der Waals surface area contributed by atoms with Gasteiger partial charge in [-0.3, -0.25) is 4.90 Å².